The summed E-state index contributed by atoms with van der Waals surface area (Å²) in [6, 6.07) is 0. The maximum absolute atomic E-state index is 5.02. The van der Waals surface area contributed by atoms with Crippen LogP contribution >= 0.6 is 15.9 Å². The maximum atomic E-state index is 5.02. The molecule has 0 aromatic carbocycles. The molecule has 0 atom stereocenters. The zero-order valence-corrected chi connectivity index (χ0v) is 8.94. The SMILES string of the molecule is CCCCc1nc(OC)c(Br)[nH]1. The van der Waals surface area contributed by atoms with Gasteiger partial charge in [0.05, 0.1) is 7.11 Å². The Morgan fingerprint density at radius 1 is 1.58 bits per heavy atom. The average Bonchev–Trinajstić information content (AvgIpc) is 2.43. The summed E-state index contributed by atoms with van der Waals surface area (Å²) in [6.07, 6.45) is 3.32. The zero-order chi connectivity index (χ0) is 8.97. The third kappa shape index (κ3) is 2.24. The first-order valence-corrected chi connectivity index (χ1v) is 4.85. The normalized spacial score (nSPS) is 10.2. The van der Waals surface area contributed by atoms with Crippen LogP contribution in [-0.4, -0.2) is 17.1 Å². The minimum atomic E-state index is 0.640. The lowest BCUT2D eigenvalue weighted by Gasteiger charge is -1.91. The summed E-state index contributed by atoms with van der Waals surface area (Å²) in [7, 11) is 1.62. The van der Waals surface area contributed by atoms with Crippen molar-refractivity contribution in [3.05, 3.63) is 10.4 Å². The molecule has 1 rings (SSSR count). The van der Waals surface area contributed by atoms with Crippen molar-refractivity contribution in [2.75, 3.05) is 7.11 Å². The predicted molar refractivity (Wildman–Crippen MR) is 51.5 cm³/mol. The average molecular weight is 233 g/mol. The molecule has 1 aromatic rings. The van der Waals surface area contributed by atoms with Gasteiger partial charge in [0.2, 0.25) is 5.88 Å². The minimum Gasteiger partial charge on any atom is -0.479 e. The van der Waals surface area contributed by atoms with Crippen LogP contribution in [0.25, 0.3) is 0 Å². The topological polar surface area (TPSA) is 37.9 Å². The van der Waals surface area contributed by atoms with Gasteiger partial charge in [-0.1, -0.05) is 13.3 Å². The summed E-state index contributed by atoms with van der Waals surface area (Å²) in [5.41, 5.74) is 0. The number of methoxy groups -OCH3 is 1. The molecule has 3 nitrogen and oxygen atoms in total. The van der Waals surface area contributed by atoms with E-state index in [1.807, 2.05) is 0 Å². The molecule has 0 aliphatic carbocycles. The summed E-state index contributed by atoms with van der Waals surface area (Å²) < 4.78 is 5.85. The fraction of sp³-hybridized carbons (Fsp3) is 0.625. The number of rotatable bonds is 4. The second kappa shape index (κ2) is 4.50. The van der Waals surface area contributed by atoms with Gasteiger partial charge in [0, 0.05) is 6.42 Å². The number of aromatic nitrogens is 2. The lowest BCUT2D eigenvalue weighted by Crippen LogP contribution is -1.87. The van der Waals surface area contributed by atoms with E-state index in [1.165, 1.54) is 6.42 Å². The van der Waals surface area contributed by atoms with Crippen molar-refractivity contribution >= 4 is 15.9 Å². The third-order valence-electron chi connectivity index (χ3n) is 1.64. The first kappa shape index (κ1) is 9.58. The van der Waals surface area contributed by atoms with Gasteiger partial charge in [0.1, 0.15) is 10.4 Å². The molecule has 0 saturated heterocycles. The summed E-state index contributed by atoms with van der Waals surface area (Å²) in [5.74, 6) is 1.63. The molecule has 1 aromatic heterocycles. The second-order valence-corrected chi connectivity index (χ2v) is 3.40. The molecule has 4 heteroatoms. The highest BCUT2D eigenvalue weighted by Gasteiger charge is 2.06. The van der Waals surface area contributed by atoms with Crippen LogP contribution in [0.15, 0.2) is 4.60 Å². The van der Waals surface area contributed by atoms with Crippen molar-refractivity contribution in [2.45, 2.75) is 26.2 Å². The van der Waals surface area contributed by atoms with Crippen LogP contribution in [0.3, 0.4) is 0 Å². The number of nitrogens with one attached hydrogen (secondary N) is 1. The van der Waals surface area contributed by atoms with Crippen LogP contribution in [0.1, 0.15) is 25.6 Å². The largest absolute Gasteiger partial charge is 0.479 e. The van der Waals surface area contributed by atoms with Crippen LogP contribution in [-0.2, 0) is 6.42 Å². The quantitative estimate of drug-likeness (QED) is 0.867. The number of H-pyrrole nitrogens is 1. The van der Waals surface area contributed by atoms with Crippen molar-refractivity contribution in [3.8, 4) is 5.88 Å². The standard InChI is InChI=1S/C8H13BrN2O/c1-3-4-5-6-10-7(9)8(11-6)12-2/h3-5H2,1-2H3,(H,10,11). The smallest absolute Gasteiger partial charge is 0.246 e. The van der Waals surface area contributed by atoms with Gasteiger partial charge in [-0.3, -0.25) is 0 Å². The van der Waals surface area contributed by atoms with E-state index >= 15 is 0 Å². The minimum absolute atomic E-state index is 0.640. The Morgan fingerprint density at radius 3 is 2.83 bits per heavy atom. The van der Waals surface area contributed by atoms with E-state index in [4.69, 9.17) is 4.74 Å². The first-order valence-electron chi connectivity index (χ1n) is 4.06. The van der Waals surface area contributed by atoms with Crippen LogP contribution < -0.4 is 4.74 Å². The molecule has 0 amide bonds. The number of hydrogen-bond acceptors (Lipinski definition) is 2. The van der Waals surface area contributed by atoms with E-state index in [9.17, 15) is 0 Å². The number of aromatic amines is 1. The molecule has 68 valence electrons. The van der Waals surface area contributed by atoms with Crippen LogP contribution in [0, 0.1) is 0 Å². The van der Waals surface area contributed by atoms with Crippen molar-refractivity contribution in [2.24, 2.45) is 0 Å². The highest BCUT2D eigenvalue weighted by atomic mass is 79.9. The van der Waals surface area contributed by atoms with E-state index in [0.29, 0.717) is 5.88 Å². The van der Waals surface area contributed by atoms with Gasteiger partial charge in [-0.25, -0.2) is 0 Å². The second-order valence-electron chi connectivity index (χ2n) is 2.61. The van der Waals surface area contributed by atoms with Crippen molar-refractivity contribution in [3.63, 3.8) is 0 Å². The molecule has 12 heavy (non-hydrogen) atoms. The van der Waals surface area contributed by atoms with E-state index in [1.54, 1.807) is 7.11 Å². The number of unbranched alkanes of at least 4 members (excludes halogenated alkanes) is 1. The number of hydrogen-bond donors (Lipinski definition) is 1. The molecule has 0 unspecified atom stereocenters. The fourth-order valence-electron chi connectivity index (χ4n) is 0.978. The molecule has 0 spiro atoms. The third-order valence-corrected chi connectivity index (χ3v) is 2.18. The first-order chi connectivity index (χ1) is 5.77. The molecule has 0 saturated carbocycles. The van der Waals surface area contributed by atoms with Gasteiger partial charge in [-0.2, -0.15) is 4.98 Å². The van der Waals surface area contributed by atoms with E-state index in [2.05, 4.69) is 32.8 Å². The Balaban J connectivity index is 2.62. The summed E-state index contributed by atoms with van der Waals surface area (Å²) in [4.78, 5) is 7.35. The predicted octanol–water partition coefficient (Wildman–Crippen LogP) is 2.52. The van der Waals surface area contributed by atoms with E-state index in [0.717, 1.165) is 23.3 Å². The summed E-state index contributed by atoms with van der Waals surface area (Å²) in [6.45, 7) is 2.16. The molecule has 1 N–H and O–H groups in total. The monoisotopic (exact) mass is 232 g/mol. The zero-order valence-electron chi connectivity index (χ0n) is 7.35. The number of ether oxygens (including phenoxy) is 1. The van der Waals surface area contributed by atoms with Gasteiger partial charge < -0.3 is 9.72 Å². The van der Waals surface area contributed by atoms with Crippen LogP contribution in [0.5, 0.6) is 5.88 Å². The molecular formula is C8H13BrN2O. The summed E-state index contributed by atoms with van der Waals surface area (Å²) >= 11 is 3.33. The van der Waals surface area contributed by atoms with E-state index < -0.39 is 0 Å². The highest BCUT2D eigenvalue weighted by Crippen LogP contribution is 2.21. The Kier molecular flexibility index (Phi) is 3.59. The Bertz CT molecular complexity index is 247. The Hall–Kier alpha value is -0.510. The van der Waals surface area contributed by atoms with E-state index in [-0.39, 0.29) is 0 Å². The molecule has 1 heterocycles. The van der Waals surface area contributed by atoms with Gasteiger partial charge >= 0.3 is 0 Å². The van der Waals surface area contributed by atoms with Gasteiger partial charge in [-0.15, -0.1) is 0 Å². The van der Waals surface area contributed by atoms with Crippen LogP contribution in [0.2, 0.25) is 0 Å². The molecular weight excluding hydrogens is 220 g/mol. The molecule has 0 aliphatic rings. The van der Waals surface area contributed by atoms with Gasteiger partial charge in [-0.05, 0) is 22.4 Å². The van der Waals surface area contributed by atoms with Crippen LogP contribution in [0.4, 0.5) is 0 Å². The van der Waals surface area contributed by atoms with Gasteiger partial charge in [0.15, 0.2) is 0 Å². The number of halogens is 1. The number of nitrogens with zero attached hydrogens (tertiary/aromatic N) is 1. The molecule has 0 radical (unpaired) electrons. The van der Waals surface area contributed by atoms with Crippen molar-refractivity contribution in [1.29, 1.82) is 0 Å². The molecule has 0 fully saturated rings. The van der Waals surface area contributed by atoms with Crippen molar-refractivity contribution in [1.82, 2.24) is 9.97 Å². The lowest BCUT2D eigenvalue weighted by molar-refractivity contribution is 0.396. The molecule has 0 aliphatic heterocycles. The maximum Gasteiger partial charge on any atom is 0.246 e. The molecule has 0 bridgehead atoms. The van der Waals surface area contributed by atoms with Crippen molar-refractivity contribution < 1.29 is 4.74 Å². The summed E-state index contributed by atoms with van der Waals surface area (Å²) in [5, 5.41) is 0. The van der Waals surface area contributed by atoms with Gasteiger partial charge in [0.25, 0.3) is 0 Å². The Morgan fingerprint density at radius 2 is 2.33 bits per heavy atom. The fourth-order valence-corrected chi connectivity index (χ4v) is 1.46. The highest BCUT2D eigenvalue weighted by molar-refractivity contribution is 9.10. The Labute approximate surface area is 80.7 Å². The lowest BCUT2D eigenvalue weighted by atomic mass is 10.2. The number of imidazole rings is 1. The number of aryl methyl sites for hydroxylation is 1.